The molecule has 1 aliphatic rings. The number of rotatable bonds is 10. The van der Waals surface area contributed by atoms with Crippen LogP contribution in [0.3, 0.4) is 0 Å². The molecule has 0 amide bonds. The molecule has 1 heterocycles. The Labute approximate surface area is 443 Å². The van der Waals surface area contributed by atoms with Gasteiger partial charge < -0.3 is 0 Å². The molecule has 76 heavy (non-hydrogen) atoms. The third-order valence-corrected chi connectivity index (χ3v) is 15.6. The summed E-state index contributed by atoms with van der Waals surface area (Å²) in [6.07, 6.45) is 2.07. The summed E-state index contributed by atoms with van der Waals surface area (Å²) in [5.41, 5.74) is 22.6. The van der Waals surface area contributed by atoms with E-state index in [0.717, 1.165) is 51.8 Å². The molecule has 1 aliphatic carbocycles. The van der Waals surface area contributed by atoms with E-state index in [1.165, 1.54) is 99.1 Å². The largest absolute Gasteiger partial charge is 0.208 e. The Balaban J connectivity index is 0.805. The summed E-state index contributed by atoms with van der Waals surface area (Å²) in [7, 11) is 0. The fraction of sp³-hybridized carbons (Fsp3) is 0.0548. The highest BCUT2D eigenvalue weighted by molar-refractivity contribution is 6.18. The SMILES string of the molecule is CCCc1c(-c2ccccc2-c2cc(-c3cccc(-c4cccc(-c5nc(-c6ccccc6)nc(-c6ccc(-c7ccc8c(c7)-c7cccc9cccc-8c79)cc6)n5)c4)c3)ccc2C)c2ccccc2c2ccccc12. The molecule has 3 heteroatoms. The summed E-state index contributed by atoms with van der Waals surface area (Å²) in [6.45, 7) is 4.53. The van der Waals surface area contributed by atoms with Gasteiger partial charge in [0.15, 0.2) is 17.5 Å². The molecular formula is C73H51N3. The van der Waals surface area contributed by atoms with E-state index in [1.54, 1.807) is 0 Å². The Kier molecular flexibility index (Phi) is 11.1. The van der Waals surface area contributed by atoms with Crippen molar-refractivity contribution in [3.05, 3.63) is 260 Å². The Bertz CT molecular complexity index is 4410. The Morgan fingerprint density at radius 1 is 0.289 bits per heavy atom. The topological polar surface area (TPSA) is 38.7 Å². The molecule has 0 atom stereocenters. The Hall–Kier alpha value is -9.57. The monoisotopic (exact) mass is 969 g/mol. The van der Waals surface area contributed by atoms with Gasteiger partial charge in [0.05, 0.1) is 0 Å². The van der Waals surface area contributed by atoms with Gasteiger partial charge in [0.1, 0.15) is 0 Å². The van der Waals surface area contributed by atoms with E-state index in [-0.39, 0.29) is 0 Å². The lowest BCUT2D eigenvalue weighted by molar-refractivity contribution is 0.932. The molecular weight excluding hydrogens is 919 g/mol. The maximum atomic E-state index is 5.19. The molecule has 0 N–H and O–H groups in total. The molecule has 358 valence electrons. The first-order valence-corrected chi connectivity index (χ1v) is 26.5. The number of fused-ring (bicyclic) bond motifs is 6. The van der Waals surface area contributed by atoms with Crippen molar-refractivity contribution in [3.63, 3.8) is 0 Å². The summed E-state index contributed by atoms with van der Waals surface area (Å²) in [5, 5.41) is 7.88. The molecule has 0 saturated heterocycles. The van der Waals surface area contributed by atoms with Gasteiger partial charge in [0.2, 0.25) is 0 Å². The predicted molar refractivity (Wildman–Crippen MR) is 319 cm³/mol. The van der Waals surface area contributed by atoms with Crippen molar-refractivity contribution >= 4 is 32.3 Å². The van der Waals surface area contributed by atoms with Crippen molar-refractivity contribution in [2.75, 3.05) is 0 Å². The van der Waals surface area contributed by atoms with Crippen molar-refractivity contribution in [2.45, 2.75) is 26.7 Å². The van der Waals surface area contributed by atoms with Crippen LogP contribution in [0.25, 0.3) is 144 Å². The third-order valence-electron chi connectivity index (χ3n) is 15.6. The van der Waals surface area contributed by atoms with Crippen molar-refractivity contribution in [3.8, 4) is 112 Å². The molecule has 0 unspecified atom stereocenters. The minimum Gasteiger partial charge on any atom is -0.208 e. The van der Waals surface area contributed by atoms with Crippen LogP contribution in [0.15, 0.2) is 249 Å². The number of nitrogens with zero attached hydrogens (tertiary/aromatic N) is 3. The lowest BCUT2D eigenvalue weighted by atomic mass is 9.83. The lowest BCUT2D eigenvalue weighted by Gasteiger charge is -2.21. The lowest BCUT2D eigenvalue weighted by Crippen LogP contribution is -2.00. The highest BCUT2D eigenvalue weighted by Gasteiger charge is 2.23. The molecule has 0 spiro atoms. The van der Waals surface area contributed by atoms with Crippen molar-refractivity contribution < 1.29 is 0 Å². The van der Waals surface area contributed by atoms with Crippen molar-refractivity contribution in [2.24, 2.45) is 0 Å². The van der Waals surface area contributed by atoms with Crippen molar-refractivity contribution in [1.82, 2.24) is 15.0 Å². The van der Waals surface area contributed by atoms with Crippen molar-refractivity contribution in [1.29, 1.82) is 0 Å². The minimum atomic E-state index is 0.626. The molecule has 0 aliphatic heterocycles. The second kappa shape index (κ2) is 18.7. The molecule has 14 rings (SSSR count). The summed E-state index contributed by atoms with van der Waals surface area (Å²) >= 11 is 0. The van der Waals surface area contributed by atoms with Gasteiger partial charge in [-0.25, -0.2) is 15.0 Å². The molecule has 0 fully saturated rings. The summed E-state index contributed by atoms with van der Waals surface area (Å²) in [5.74, 6) is 1.89. The van der Waals surface area contributed by atoms with Crippen LogP contribution in [-0.4, -0.2) is 15.0 Å². The number of benzene rings is 12. The standard InChI is InChI=1S/C73H51N3/c1-3-17-62-58-27-8-7-26-57(58)59-28-9-11-30-64(59)70(62)65-31-12-10-29-60(65)67-44-55(35-34-46(67)2)52-23-13-22-51(42-52)53-24-14-25-56(43-53)73-75-71(49-18-5-4-6-19-49)74-72(76-73)50-38-36-47(37-39-50)54-40-41-61-63-32-15-20-48-21-16-33-66(69(48)63)68(61)45-54/h4-16,18-45H,3,17H2,1-2H3. The second-order valence-electron chi connectivity index (χ2n) is 20.2. The van der Waals surface area contributed by atoms with Crippen LogP contribution in [0.4, 0.5) is 0 Å². The van der Waals surface area contributed by atoms with E-state index in [4.69, 9.17) is 15.0 Å². The zero-order chi connectivity index (χ0) is 50.7. The highest BCUT2D eigenvalue weighted by atomic mass is 15.0. The van der Waals surface area contributed by atoms with Gasteiger partial charge in [-0.15, -0.1) is 0 Å². The maximum Gasteiger partial charge on any atom is 0.164 e. The fourth-order valence-electron chi connectivity index (χ4n) is 11.9. The normalized spacial score (nSPS) is 11.7. The first kappa shape index (κ1) is 45.1. The second-order valence-corrected chi connectivity index (χ2v) is 20.2. The zero-order valence-electron chi connectivity index (χ0n) is 42.4. The highest BCUT2D eigenvalue weighted by Crippen LogP contribution is 2.49. The maximum absolute atomic E-state index is 5.19. The molecule has 0 saturated carbocycles. The molecule has 0 bridgehead atoms. The summed E-state index contributed by atoms with van der Waals surface area (Å²) in [6, 6.07) is 90.3. The fourth-order valence-corrected chi connectivity index (χ4v) is 11.9. The number of aryl methyl sites for hydroxylation is 2. The van der Waals surface area contributed by atoms with Gasteiger partial charge in [0, 0.05) is 16.7 Å². The Morgan fingerprint density at radius 3 is 1.42 bits per heavy atom. The van der Waals surface area contributed by atoms with Gasteiger partial charge >= 0.3 is 0 Å². The van der Waals surface area contributed by atoms with Gasteiger partial charge in [-0.05, 0) is 159 Å². The molecule has 12 aromatic carbocycles. The summed E-state index contributed by atoms with van der Waals surface area (Å²) in [4.78, 5) is 15.4. The van der Waals surface area contributed by atoms with Crippen LogP contribution in [0.5, 0.6) is 0 Å². The molecule has 13 aromatic rings. The van der Waals surface area contributed by atoms with Crippen LogP contribution in [0.2, 0.25) is 0 Å². The smallest absolute Gasteiger partial charge is 0.164 e. The van der Waals surface area contributed by atoms with E-state index >= 15 is 0 Å². The van der Waals surface area contributed by atoms with E-state index < -0.39 is 0 Å². The van der Waals surface area contributed by atoms with Gasteiger partial charge in [-0.2, -0.15) is 0 Å². The van der Waals surface area contributed by atoms with E-state index in [2.05, 4.69) is 244 Å². The zero-order valence-corrected chi connectivity index (χ0v) is 42.4. The third kappa shape index (κ3) is 7.79. The molecule has 0 radical (unpaired) electrons. The van der Waals surface area contributed by atoms with E-state index in [1.807, 2.05) is 18.2 Å². The number of aromatic nitrogens is 3. The van der Waals surface area contributed by atoms with E-state index in [9.17, 15) is 0 Å². The number of hydrogen-bond donors (Lipinski definition) is 0. The average molecular weight is 970 g/mol. The first-order chi connectivity index (χ1) is 37.5. The van der Waals surface area contributed by atoms with Crippen LogP contribution < -0.4 is 0 Å². The van der Waals surface area contributed by atoms with Gasteiger partial charge in [0.25, 0.3) is 0 Å². The average Bonchev–Trinajstić information content (AvgIpc) is 3.93. The van der Waals surface area contributed by atoms with E-state index in [0.29, 0.717) is 17.5 Å². The van der Waals surface area contributed by atoms with Crippen LogP contribution >= 0.6 is 0 Å². The molecule has 1 aromatic heterocycles. The quantitative estimate of drug-likeness (QED) is 0.128. The van der Waals surface area contributed by atoms with Crippen LogP contribution in [-0.2, 0) is 6.42 Å². The van der Waals surface area contributed by atoms with Crippen LogP contribution in [0.1, 0.15) is 24.5 Å². The molecule has 3 nitrogen and oxygen atoms in total. The first-order valence-electron chi connectivity index (χ1n) is 26.5. The van der Waals surface area contributed by atoms with Gasteiger partial charge in [-0.3, -0.25) is 0 Å². The number of hydrogen-bond acceptors (Lipinski definition) is 3. The van der Waals surface area contributed by atoms with Gasteiger partial charge in [-0.1, -0.05) is 238 Å². The predicted octanol–water partition coefficient (Wildman–Crippen LogP) is 19.6. The van der Waals surface area contributed by atoms with Crippen LogP contribution in [0, 0.1) is 6.92 Å². The Morgan fingerprint density at radius 2 is 0.724 bits per heavy atom. The summed E-state index contributed by atoms with van der Waals surface area (Å²) < 4.78 is 0. The minimum absolute atomic E-state index is 0.626.